The Labute approximate surface area is 69.6 Å². The van der Waals surface area contributed by atoms with Gasteiger partial charge in [-0.15, -0.1) is 0 Å². The summed E-state index contributed by atoms with van der Waals surface area (Å²) < 4.78 is 4.34. The lowest BCUT2D eigenvalue weighted by atomic mass is 10.2. The van der Waals surface area contributed by atoms with Crippen molar-refractivity contribution in [3.05, 3.63) is 29.8 Å². The maximum absolute atomic E-state index is 9.99. The fourth-order valence-electron chi connectivity index (χ4n) is 0.759. The van der Waals surface area contributed by atoms with Crippen molar-refractivity contribution in [1.29, 1.82) is 0 Å². The number of carbonyl (C=O) groups is 1. The highest BCUT2D eigenvalue weighted by atomic mass is 16.7. The maximum atomic E-state index is 9.99. The van der Waals surface area contributed by atoms with Crippen LogP contribution in [0, 0.1) is 0 Å². The van der Waals surface area contributed by atoms with Gasteiger partial charge >= 0.3 is 6.16 Å². The van der Waals surface area contributed by atoms with Crippen molar-refractivity contribution in [2.24, 2.45) is 0 Å². The number of hydrogen-bond acceptors (Lipinski definition) is 3. The molecule has 0 bridgehead atoms. The van der Waals surface area contributed by atoms with Crippen LogP contribution in [0.4, 0.5) is 10.5 Å². The Morgan fingerprint density at radius 1 is 1.42 bits per heavy atom. The van der Waals surface area contributed by atoms with Gasteiger partial charge in [-0.05, 0) is 17.7 Å². The summed E-state index contributed by atoms with van der Waals surface area (Å²) in [4.78, 5) is 9.99. The van der Waals surface area contributed by atoms with Crippen molar-refractivity contribution >= 4 is 11.8 Å². The molecule has 0 unspecified atom stereocenters. The molecule has 1 rings (SSSR count). The van der Waals surface area contributed by atoms with Crippen LogP contribution >= 0.6 is 0 Å². The second-order valence-electron chi connectivity index (χ2n) is 2.30. The van der Waals surface area contributed by atoms with Gasteiger partial charge in [0.2, 0.25) is 0 Å². The summed E-state index contributed by atoms with van der Waals surface area (Å²) in [5.41, 5.74) is 6.86. The van der Waals surface area contributed by atoms with E-state index in [9.17, 15) is 4.79 Å². The fourth-order valence-corrected chi connectivity index (χ4v) is 0.759. The highest BCUT2D eigenvalue weighted by molar-refractivity contribution is 5.56. The van der Waals surface area contributed by atoms with Crippen LogP contribution in [0.5, 0.6) is 0 Å². The number of anilines is 1. The van der Waals surface area contributed by atoms with Crippen LogP contribution in [0.15, 0.2) is 24.3 Å². The van der Waals surface area contributed by atoms with Gasteiger partial charge in [0.25, 0.3) is 0 Å². The van der Waals surface area contributed by atoms with Gasteiger partial charge in [-0.3, -0.25) is 0 Å². The zero-order valence-electron chi connectivity index (χ0n) is 6.36. The molecular formula is C8H9NO3. The van der Waals surface area contributed by atoms with Crippen LogP contribution < -0.4 is 5.73 Å². The average Bonchev–Trinajstić information content (AvgIpc) is 2.03. The third-order valence-electron chi connectivity index (χ3n) is 1.34. The molecule has 0 amide bonds. The van der Waals surface area contributed by atoms with Crippen molar-refractivity contribution in [3.63, 3.8) is 0 Å². The monoisotopic (exact) mass is 167 g/mol. The van der Waals surface area contributed by atoms with Crippen molar-refractivity contribution in [2.45, 2.75) is 6.61 Å². The van der Waals surface area contributed by atoms with Gasteiger partial charge < -0.3 is 15.6 Å². The van der Waals surface area contributed by atoms with Crippen LogP contribution in [-0.4, -0.2) is 11.3 Å². The summed E-state index contributed by atoms with van der Waals surface area (Å²) in [7, 11) is 0. The molecule has 0 aliphatic carbocycles. The molecule has 0 heterocycles. The molecular weight excluding hydrogens is 158 g/mol. The van der Waals surface area contributed by atoms with Gasteiger partial charge in [0.1, 0.15) is 6.61 Å². The molecule has 1 aromatic carbocycles. The van der Waals surface area contributed by atoms with E-state index in [-0.39, 0.29) is 6.61 Å². The minimum absolute atomic E-state index is 0.0651. The fraction of sp³-hybridized carbons (Fsp3) is 0.125. The minimum Gasteiger partial charge on any atom is -0.450 e. The van der Waals surface area contributed by atoms with E-state index in [1.807, 2.05) is 0 Å². The van der Waals surface area contributed by atoms with E-state index in [4.69, 9.17) is 10.8 Å². The molecule has 0 radical (unpaired) electrons. The summed E-state index contributed by atoms with van der Waals surface area (Å²) in [5, 5.41) is 8.18. The predicted molar refractivity (Wildman–Crippen MR) is 43.7 cm³/mol. The van der Waals surface area contributed by atoms with E-state index >= 15 is 0 Å². The molecule has 0 aliphatic heterocycles. The lowest BCUT2D eigenvalue weighted by molar-refractivity contribution is 0.0854. The third kappa shape index (κ3) is 2.49. The van der Waals surface area contributed by atoms with Crippen LogP contribution in [0.2, 0.25) is 0 Å². The van der Waals surface area contributed by atoms with Crippen molar-refractivity contribution in [2.75, 3.05) is 5.73 Å². The Bertz CT molecular complexity index is 268. The van der Waals surface area contributed by atoms with Gasteiger partial charge in [0.05, 0.1) is 0 Å². The molecule has 1 aromatic rings. The van der Waals surface area contributed by atoms with E-state index < -0.39 is 6.16 Å². The number of ether oxygens (including phenoxy) is 1. The van der Waals surface area contributed by atoms with Crippen molar-refractivity contribution < 1.29 is 14.6 Å². The van der Waals surface area contributed by atoms with Gasteiger partial charge in [0.15, 0.2) is 0 Å². The summed E-state index contributed by atoms with van der Waals surface area (Å²) in [5.74, 6) is 0. The van der Waals surface area contributed by atoms with E-state index in [1.54, 1.807) is 24.3 Å². The SMILES string of the molecule is Nc1ccc(COC(=O)O)cc1. The molecule has 0 saturated carbocycles. The summed E-state index contributed by atoms with van der Waals surface area (Å²) in [6, 6.07) is 6.83. The molecule has 0 fully saturated rings. The largest absolute Gasteiger partial charge is 0.506 e. The number of carboxylic acid groups (broad SMARTS) is 1. The Morgan fingerprint density at radius 3 is 2.50 bits per heavy atom. The first-order valence-electron chi connectivity index (χ1n) is 3.38. The molecule has 4 heteroatoms. The zero-order chi connectivity index (χ0) is 8.97. The molecule has 0 spiro atoms. The Balaban J connectivity index is 2.53. The first-order chi connectivity index (χ1) is 5.68. The smallest absolute Gasteiger partial charge is 0.450 e. The van der Waals surface area contributed by atoms with Crippen LogP contribution in [0.1, 0.15) is 5.56 Å². The van der Waals surface area contributed by atoms with E-state index in [0.29, 0.717) is 5.69 Å². The number of nitrogen functional groups attached to an aromatic ring is 1. The standard InChI is InChI=1S/C8H9NO3/c9-7-3-1-6(2-4-7)5-12-8(10)11/h1-4H,5,9H2,(H,10,11). The number of benzene rings is 1. The number of nitrogens with two attached hydrogens (primary N) is 1. The molecule has 0 aliphatic rings. The molecule has 3 N–H and O–H groups in total. The number of hydrogen-bond donors (Lipinski definition) is 2. The molecule has 0 atom stereocenters. The Hall–Kier alpha value is -1.71. The normalized spacial score (nSPS) is 9.33. The lowest BCUT2D eigenvalue weighted by Gasteiger charge is -2.00. The highest BCUT2D eigenvalue weighted by Crippen LogP contribution is 2.06. The van der Waals surface area contributed by atoms with Gasteiger partial charge in [-0.25, -0.2) is 4.79 Å². The van der Waals surface area contributed by atoms with E-state index in [2.05, 4.69) is 4.74 Å². The van der Waals surface area contributed by atoms with Crippen LogP contribution in [-0.2, 0) is 11.3 Å². The third-order valence-corrected chi connectivity index (χ3v) is 1.34. The van der Waals surface area contributed by atoms with Gasteiger partial charge in [-0.2, -0.15) is 0 Å². The second-order valence-corrected chi connectivity index (χ2v) is 2.30. The number of rotatable bonds is 2. The lowest BCUT2D eigenvalue weighted by Crippen LogP contribution is -1.99. The first-order valence-corrected chi connectivity index (χ1v) is 3.38. The summed E-state index contributed by atoms with van der Waals surface area (Å²) >= 11 is 0. The molecule has 0 saturated heterocycles. The molecule has 4 nitrogen and oxygen atoms in total. The summed E-state index contributed by atoms with van der Waals surface area (Å²) in [6.45, 7) is 0.0651. The summed E-state index contributed by atoms with van der Waals surface area (Å²) in [6.07, 6.45) is -1.27. The van der Waals surface area contributed by atoms with Crippen molar-refractivity contribution in [3.8, 4) is 0 Å². The van der Waals surface area contributed by atoms with Crippen molar-refractivity contribution in [1.82, 2.24) is 0 Å². The topological polar surface area (TPSA) is 72.5 Å². The van der Waals surface area contributed by atoms with Gasteiger partial charge in [-0.1, -0.05) is 12.1 Å². The maximum Gasteiger partial charge on any atom is 0.506 e. The molecule has 64 valence electrons. The molecule has 12 heavy (non-hydrogen) atoms. The molecule has 0 aromatic heterocycles. The Kier molecular flexibility index (Phi) is 2.53. The Morgan fingerprint density at radius 2 is 2.00 bits per heavy atom. The van der Waals surface area contributed by atoms with Gasteiger partial charge in [0, 0.05) is 5.69 Å². The van der Waals surface area contributed by atoms with Crippen LogP contribution in [0.25, 0.3) is 0 Å². The second kappa shape index (κ2) is 3.61. The highest BCUT2D eigenvalue weighted by Gasteiger charge is 1.97. The predicted octanol–water partition coefficient (Wildman–Crippen LogP) is 1.46. The van der Waals surface area contributed by atoms with E-state index in [0.717, 1.165) is 5.56 Å². The first kappa shape index (κ1) is 8.39. The quantitative estimate of drug-likeness (QED) is 0.516. The minimum atomic E-state index is -1.27. The zero-order valence-corrected chi connectivity index (χ0v) is 6.36. The van der Waals surface area contributed by atoms with Crippen LogP contribution in [0.3, 0.4) is 0 Å². The van der Waals surface area contributed by atoms with E-state index in [1.165, 1.54) is 0 Å². The average molecular weight is 167 g/mol.